The van der Waals surface area contributed by atoms with Crippen molar-refractivity contribution in [3.8, 4) is 5.75 Å². The van der Waals surface area contributed by atoms with Gasteiger partial charge in [-0.2, -0.15) is 0 Å². The summed E-state index contributed by atoms with van der Waals surface area (Å²) in [7, 11) is 1.58. The third-order valence-corrected chi connectivity index (χ3v) is 7.32. The van der Waals surface area contributed by atoms with Crippen molar-refractivity contribution in [3.63, 3.8) is 0 Å². The fraction of sp³-hybridized carbons (Fsp3) is 0.500. The maximum Gasteiger partial charge on any atom is 0.410 e. The zero-order valence-electron chi connectivity index (χ0n) is 25.4. The monoisotopic (exact) mass is 695 g/mol. The molecule has 6 N–H and O–H groups in total. The van der Waals surface area contributed by atoms with E-state index in [9.17, 15) is 14.4 Å². The van der Waals surface area contributed by atoms with Gasteiger partial charge in [0, 0.05) is 25.2 Å². The highest BCUT2D eigenvalue weighted by Crippen LogP contribution is 2.22. The maximum atomic E-state index is 13.4. The van der Waals surface area contributed by atoms with Gasteiger partial charge in [0.25, 0.3) is 17.6 Å². The molecule has 2 aromatic heterocycles. The molecule has 0 atom stereocenters. The van der Waals surface area contributed by atoms with Gasteiger partial charge in [-0.15, -0.1) is 0 Å². The van der Waals surface area contributed by atoms with E-state index in [0.29, 0.717) is 44.0 Å². The first-order valence-electron chi connectivity index (χ1n) is 14.0. The first-order chi connectivity index (χ1) is 20.3. The topological polar surface area (TPSA) is 184 Å². The molecule has 240 valence electrons. The van der Waals surface area contributed by atoms with E-state index >= 15 is 0 Å². The molecule has 0 unspecified atom stereocenters. The number of nitrogens with two attached hydrogens (primary N) is 2. The zero-order valence-corrected chi connectivity index (χ0v) is 27.8. The summed E-state index contributed by atoms with van der Waals surface area (Å²) in [6, 6.07) is 5.49. The third kappa shape index (κ3) is 8.00. The highest BCUT2D eigenvalue weighted by Gasteiger charge is 2.30. The van der Waals surface area contributed by atoms with Crippen molar-refractivity contribution in [1.82, 2.24) is 30.1 Å². The number of nitrogen functional groups attached to an aromatic ring is 2. The Kier molecular flexibility index (Phi) is 11.2. The molecule has 16 heteroatoms. The smallest absolute Gasteiger partial charge is 0.410 e. The Labute approximate surface area is 271 Å². The van der Waals surface area contributed by atoms with Crippen LogP contribution in [0, 0.1) is 0 Å². The number of amides is 3. The summed E-state index contributed by atoms with van der Waals surface area (Å²) in [5.41, 5.74) is 12.4. The number of hydrogen-bond donors (Lipinski definition) is 4. The Morgan fingerprint density at radius 1 is 1.14 bits per heavy atom. The number of ether oxygens (including phenoxy) is 2. The predicted octanol–water partition coefficient (Wildman–Crippen LogP) is -0.985. The van der Waals surface area contributed by atoms with Gasteiger partial charge in [-0.3, -0.25) is 9.59 Å². The first kappa shape index (κ1) is 34.6. The van der Waals surface area contributed by atoms with E-state index in [1.54, 1.807) is 12.0 Å². The van der Waals surface area contributed by atoms with Crippen LogP contribution in [0.15, 0.2) is 18.2 Å². The second kappa shape index (κ2) is 14.3. The minimum Gasteiger partial charge on any atom is -1.00 e. The molecule has 4 rings (SSSR count). The number of imidazole rings is 1. The quantitative estimate of drug-likeness (QED) is 0.215. The summed E-state index contributed by atoms with van der Waals surface area (Å²) >= 11 is 5.96. The minimum absolute atomic E-state index is 0. The molecule has 3 aromatic rings. The molecule has 0 bridgehead atoms. The molecule has 0 aliphatic carbocycles. The fourth-order valence-electron chi connectivity index (χ4n) is 5.02. The van der Waals surface area contributed by atoms with Crippen molar-refractivity contribution >= 4 is 52.2 Å². The number of halogens is 2. The van der Waals surface area contributed by atoms with Gasteiger partial charge in [0.05, 0.1) is 13.7 Å². The molecule has 0 saturated carbocycles. The van der Waals surface area contributed by atoms with Gasteiger partial charge in [-0.05, 0) is 52.7 Å². The van der Waals surface area contributed by atoms with Crippen molar-refractivity contribution in [3.05, 3.63) is 34.9 Å². The van der Waals surface area contributed by atoms with Crippen LogP contribution in [-0.4, -0.2) is 69.2 Å². The van der Waals surface area contributed by atoms with E-state index in [1.165, 1.54) is 0 Å². The predicted molar refractivity (Wildman–Crippen MR) is 160 cm³/mol. The second-order valence-corrected chi connectivity index (χ2v) is 11.6. The molecule has 0 spiro atoms. The largest absolute Gasteiger partial charge is 1.00 e. The Morgan fingerprint density at radius 2 is 1.82 bits per heavy atom. The van der Waals surface area contributed by atoms with Crippen LogP contribution in [0.25, 0.3) is 11.0 Å². The number of hydrogen-bond acceptors (Lipinski definition) is 9. The summed E-state index contributed by atoms with van der Waals surface area (Å²) < 4.78 is 14.8. The normalized spacial score (nSPS) is 13.7. The van der Waals surface area contributed by atoms with E-state index in [4.69, 9.17) is 32.5 Å². The molecule has 3 amide bonds. The number of carbonyl (C=O) groups is 3. The lowest BCUT2D eigenvalue weighted by Gasteiger charge is -2.33. The highest BCUT2D eigenvalue weighted by molar-refractivity contribution is 6.31. The SMILES string of the molecule is CCn1c(CNC(=O)c2nc(Cl)c(N)nc2N)[n+](CC(=O)NC2CCN(C(=O)OC(C)(C)C)CC2)c2ccc(OC)cc21.[Br-]. The van der Waals surface area contributed by atoms with Crippen LogP contribution in [0.1, 0.15) is 56.8 Å². The van der Waals surface area contributed by atoms with Gasteiger partial charge in [-0.1, -0.05) is 11.6 Å². The van der Waals surface area contributed by atoms with Crippen molar-refractivity contribution in [2.75, 3.05) is 31.7 Å². The summed E-state index contributed by atoms with van der Waals surface area (Å²) in [5.74, 6) is 0.315. The van der Waals surface area contributed by atoms with Crippen molar-refractivity contribution < 1.29 is 45.4 Å². The van der Waals surface area contributed by atoms with E-state index in [-0.39, 0.29) is 70.6 Å². The van der Waals surface area contributed by atoms with Crippen molar-refractivity contribution in [1.29, 1.82) is 0 Å². The van der Waals surface area contributed by atoms with Gasteiger partial charge in [0.2, 0.25) is 0 Å². The number of likely N-dealkylation sites (tertiary alicyclic amines) is 1. The van der Waals surface area contributed by atoms with Gasteiger partial charge in [0.15, 0.2) is 40.1 Å². The van der Waals surface area contributed by atoms with Crippen molar-refractivity contribution in [2.45, 2.75) is 71.8 Å². The highest BCUT2D eigenvalue weighted by atomic mass is 79.9. The molecule has 3 heterocycles. The van der Waals surface area contributed by atoms with Crippen LogP contribution >= 0.6 is 11.6 Å². The third-order valence-electron chi connectivity index (χ3n) is 7.04. The molecule has 44 heavy (non-hydrogen) atoms. The summed E-state index contributed by atoms with van der Waals surface area (Å²) in [6.45, 7) is 9.05. The van der Waals surface area contributed by atoms with Crippen LogP contribution in [0.3, 0.4) is 0 Å². The van der Waals surface area contributed by atoms with Crippen LogP contribution in [0.4, 0.5) is 16.4 Å². The lowest BCUT2D eigenvalue weighted by atomic mass is 10.1. The average Bonchev–Trinajstić information content (AvgIpc) is 3.24. The van der Waals surface area contributed by atoms with Crippen LogP contribution in [0.2, 0.25) is 5.15 Å². The summed E-state index contributed by atoms with van der Waals surface area (Å²) in [5, 5.41) is 5.80. The average molecular weight is 697 g/mol. The lowest BCUT2D eigenvalue weighted by Crippen LogP contribution is -3.00. The number of aromatic nitrogens is 4. The Morgan fingerprint density at radius 3 is 2.43 bits per heavy atom. The van der Waals surface area contributed by atoms with Gasteiger partial charge in [-0.25, -0.2) is 23.9 Å². The molecular weight excluding hydrogens is 658 g/mol. The molecule has 1 aliphatic rings. The molecule has 1 aliphatic heterocycles. The second-order valence-electron chi connectivity index (χ2n) is 11.2. The van der Waals surface area contributed by atoms with Gasteiger partial charge >= 0.3 is 6.09 Å². The van der Waals surface area contributed by atoms with E-state index in [1.807, 2.05) is 55.0 Å². The van der Waals surface area contributed by atoms with Crippen LogP contribution < -0.4 is 48.4 Å². The minimum atomic E-state index is -0.592. The molecule has 1 fully saturated rings. The number of nitrogens with zero attached hydrogens (tertiary/aromatic N) is 5. The number of piperidine rings is 1. The molecule has 1 aromatic carbocycles. The lowest BCUT2D eigenvalue weighted by molar-refractivity contribution is -0.667. The number of anilines is 2. The van der Waals surface area contributed by atoms with E-state index < -0.39 is 11.5 Å². The summed E-state index contributed by atoms with van der Waals surface area (Å²) in [4.78, 5) is 48.3. The summed E-state index contributed by atoms with van der Waals surface area (Å²) in [6.07, 6.45) is 0.870. The molecular formula is C28H39BrClN9O5. The van der Waals surface area contributed by atoms with Gasteiger partial charge in [0.1, 0.15) is 17.9 Å². The van der Waals surface area contributed by atoms with Crippen molar-refractivity contribution in [2.24, 2.45) is 0 Å². The van der Waals surface area contributed by atoms with Crippen LogP contribution in [-0.2, 0) is 29.2 Å². The Bertz CT molecular complexity index is 1530. The Hall–Kier alpha value is -3.85. The van der Waals surface area contributed by atoms with Gasteiger partial charge < -0.3 is 53.5 Å². The maximum absolute atomic E-state index is 13.4. The number of nitrogens with one attached hydrogen (secondary N) is 2. The fourth-order valence-corrected chi connectivity index (χ4v) is 5.15. The van der Waals surface area contributed by atoms with E-state index in [2.05, 4.69) is 20.6 Å². The standard InChI is InChI=1S/C28H38ClN9O5.BrH/c1-6-37-19-13-17(42-5)7-8-18(19)38(21(37)14-32-26(40)22-24(30)35-25(31)23(29)34-22)15-20(39)33-16-9-11-36(12-10-16)27(41)43-28(2,3)4;/h7-8,13,16H,6,9-12,14-15H2,1-5H3,(H5-,30,31,32,33,35,39,40);1H. The zero-order chi connectivity index (χ0) is 31.5. The number of benzene rings is 1. The number of rotatable bonds is 8. The molecule has 14 nitrogen and oxygen atoms in total. The van der Waals surface area contributed by atoms with Crippen LogP contribution in [0.5, 0.6) is 5.75 Å². The Balaban J connectivity index is 0.00000529. The van der Waals surface area contributed by atoms with E-state index in [0.717, 1.165) is 11.0 Å². The number of carbonyl (C=O) groups excluding carboxylic acids is 3. The first-order valence-corrected chi connectivity index (χ1v) is 14.4. The molecule has 0 radical (unpaired) electrons. The number of methoxy groups -OCH3 is 1. The number of aryl methyl sites for hydroxylation is 1. The number of fused-ring (bicyclic) bond motifs is 1. The molecule has 1 saturated heterocycles.